The van der Waals surface area contributed by atoms with Crippen LogP contribution in [-0.2, 0) is 0 Å². The third kappa shape index (κ3) is 3.21. The lowest BCUT2D eigenvalue weighted by atomic mass is 9.71. The Hall–Kier alpha value is -1.96. The number of hydrogen-bond donors (Lipinski definition) is 2. The van der Waals surface area contributed by atoms with Gasteiger partial charge in [-0.15, -0.1) is 0 Å². The van der Waals surface area contributed by atoms with Crippen LogP contribution in [-0.4, -0.2) is 10.2 Å². The Morgan fingerprint density at radius 2 is 1.14 bits per heavy atom. The minimum atomic E-state index is -0.128. The van der Waals surface area contributed by atoms with Crippen molar-refractivity contribution in [3.8, 4) is 11.5 Å². The first-order valence-electron chi connectivity index (χ1n) is 7.29. The van der Waals surface area contributed by atoms with Crippen molar-refractivity contribution in [1.82, 2.24) is 0 Å². The van der Waals surface area contributed by atoms with Crippen LogP contribution in [0, 0.1) is 19.3 Å². The molecular weight excluding hydrogens is 260 g/mol. The summed E-state index contributed by atoms with van der Waals surface area (Å²) >= 11 is 0. The van der Waals surface area contributed by atoms with Crippen LogP contribution < -0.4 is 0 Å². The third-order valence-corrected chi connectivity index (χ3v) is 3.85. The SMILES string of the molecule is Cc1ccc(O)c(C(c2cc(C)ccc2O)C(C)(C)C)c1. The number of aryl methyl sites for hydroxylation is 2. The van der Waals surface area contributed by atoms with Crippen LogP contribution >= 0.6 is 0 Å². The molecule has 0 aliphatic heterocycles. The van der Waals surface area contributed by atoms with Crippen LogP contribution in [0.1, 0.15) is 48.9 Å². The number of hydrogen-bond acceptors (Lipinski definition) is 2. The van der Waals surface area contributed by atoms with Crippen LogP contribution in [0.2, 0.25) is 0 Å². The molecular formula is C19H24O2. The molecule has 2 heteroatoms. The molecule has 2 nitrogen and oxygen atoms in total. The van der Waals surface area contributed by atoms with Crippen molar-refractivity contribution in [3.05, 3.63) is 58.7 Å². The highest BCUT2D eigenvalue weighted by Crippen LogP contribution is 2.46. The van der Waals surface area contributed by atoms with Crippen molar-refractivity contribution in [3.63, 3.8) is 0 Å². The summed E-state index contributed by atoms with van der Waals surface area (Å²) in [5.74, 6) is 0.486. The molecule has 0 radical (unpaired) electrons. The topological polar surface area (TPSA) is 40.5 Å². The van der Waals surface area contributed by atoms with Crippen molar-refractivity contribution in [1.29, 1.82) is 0 Å². The highest BCUT2D eigenvalue weighted by atomic mass is 16.3. The van der Waals surface area contributed by atoms with Crippen molar-refractivity contribution in [2.24, 2.45) is 5.41 Å². The van der Waals surface area contributed by atoms with Gasteiger partial charge in [0.15, 0.2) is 0 Å². The van der Waals surface area contributed by atoms with E-state index in [1.807, 2.05) is 38.1 Å². The number of aromatic hydroxyl groups is 2. The molecule has 0 heterocycles. The lowest BCUT2D eigenvalue weighted by Gasteiger charge is -2.33. The van der Waals surface area contributed by atoms with Gasteiger partial charge in [0.1, 0.15) is 11.5 Å². The molecule has 0 aliphatic carbocycles. The number of benzene rings is 2. The number of rotatable bonds is 2. The molecule has 2 aromatic rings. The minimum Gasteiger partial charge on any atom is -0.508 e. The van der Waals surface area contributed by atoms with E-state index in [0.29, 0.717) is 0 Å². The predicted octanol–water partition coefficient (Wildman–Crippen LogP) is 4.89. The molecule has 0 fully saturated rings. The predicted molar refractivity (Wildman–Crippen MR) is 87.0 cm³/mol. The molecule has 112 valence electrons. The van der Waals surface area contributed by atoms with Crippen LogP contribution in [0.5, 0.6) is 11.5 Å². The maximum absolute atomic E-state index is 10.3. The monoisotopic (exact) mass is 284 g/mol. The van der Waals surface area contributed by atoms with E-state index in [2.05, 4.69) is 20.8 Å². The van der Waals surface area contributed by atoms with E-state index in [9.17, 15) is 10.2 Å². The van der Waals surface area contributed by atoms with E-state index in [1.165, 1.54) is 0 Å². The maximum atomic E-state index is 10.3. The van der Waals surface area contributed by atoms with Gasteiger partial charge < -0.3 is 10.2 Å². The molecule has 0 spiro atoms. The minimum absolute atomic E-state index is 0.0719. The summed E-state index contributed by atoms with van der Waals surface area (Å²) < 4.78 is 0. The smallest absolute Gasteiger partial charge is 0.119 e. The molecule has 2 aromatic carbocycles. The van der Waals surface area contributed by atoms with Gasteiger partial charge in [-0.25, -0.2) is 0 Å². The Morgan fingerprint density at radius 1 is 0.762 bits per heavy atom. The molecule has 0 bridgehead atoms. The van der Waals surface area contributed by atoms with E-state index >= 15 is 0 Å². The highest BCUT2D eigenvalue weighted by molar-refractivity contribution is 5.49. The van der Waals surface area contributed by atoms with E-state index in [-0.39, 0.29) is 22.8 Å². The Bertz CT molecular complexity index is 600. The summed E-state index contributed by atoms with van der Waals surface area (Å²) in [6.07, 6.45) is 0. The first-order chi connectivity index (χ1) is 9.70. The van der Waals surface area contributed by atoms with Crippen molar-refractivity contribution < 1.29 is 10.2 Å². The molecule has 0 saturated heterocycles. The second-order valence-electron chi connectivity index (χ2n) is 6.92. The van der Waals surface area contributed by atoms with Crippen LogP contribution in [0.15, 0.2) is 36.4 Å². The summed E-state index contributed by atoms with van der Waals surface area (Å²) in [7, 11) is 0. The Balaban J connectivity index is 2.70. The zero-order valence-corrected chi connectivity index (χ0v) is 13.4. The quantitative estimate of drug-likeness (QED) is 0.824. The van der Waals surface area contributed by atoms with Crippen molar-refractivity contribution >= 4 is 0 Å². The summed E-state index contributed by atoms with van der Waals surface area (Å²) in [5, 5.41) is 20.6. The molecule has 21 heavy (non-hydrogen) atoms. The summed E-state index contributed by atoms with van der Waals surface area (Å²) in [6.45, 7) is 10.4. The van der Waals surface area contributed by atoms with Gasteiger partial charge in [0.05, 0.1) is 0 Å². The van der Waals surface area contributed by atoms with Gasteiger partial charge in [-0.1, -0.05) is 56.2 Å². The molecule has 0 unspecified atom stereocenters. The van der Waals surface area contributed by atoms with Gasteiger partial charge in [0.2, 0.25) is 0 Å². The average molecular weight is 284 g/mol. The van der Waals surface area contributed by atoms with Crippen LogP contribution in [0.4, 0.5) is 0 Å². The fourth-order valence-electron chi connectivity index (χ4n) is 2.91. The molecule has 0 saturated carbocycles. The van der Waals surface area contributed by atoms with Gasteiger partial charge in [0, 0.05) is 17.0 Å². The van der Waals surface area contributed by atoms with Crippen molar-refractivity contribution in [2.45, 2.75) is 40.5 Å². The van der Waals surface area contributed by atoms with Gasteiger partial charge >= 0.3 is 0 Å². The fraction of sp³-hybridized carbons (Fsp3) is 0.368. The Morgan fingerprint density at radius 3 is 1.48 bits per heavy atom. The standard InChI is InChI=1S/C19H24O2/c1-12-6-8-16(20)14(10-12)18(19(3,4)5)15-11-13(2)7-9-17(15)21/h6-11,18,20-21H,1-5H3. The Labute approximate surface area is 127 Å². The summed E-state index contributed by atoms with van der Waals surface area (Å²) in [6, 6.07) is 11.3. The molecule has 0 aromatic heterocycles. The second-order valence-corrected chi connectivity index (χ2v) is 6.92. The summed E-state index contributed by atoms with van der Waals surface area (Å²) in [4.78, 5) is 0. The van der Waals surface area contributed by atoms with Gasteiger partial charge in [-0.3, -0.25) is 0 Å². The zero-order valence-electron chi connectivity index (χ0n) is 13.4. The zero-order chi connectivity index (χ0) is 15.8. The number of phenols is 2. The number of phenolic OH excluding ortho intramolecular Hbond substituents is 2. The third-order valence-electron chi connectivity index (χ3n) is 3.85. The van der Waals surface area contributed by atoms with Crippen molar-refractivity contribution in [2.75, 3.05) is 0 Å². The maximum Gasteiger partial charge on any atom is 0.119 e. The molecule has 2 N–H and O–H groups in total. The van der Waals surface area contributed by atoms with Gasteiger partial charge in [0.25, 0.3) is 0 Å². The van der Waals surface area contributed by atoms with E-state index in [4.69, 9.17) is 0 Å². The normalized spacial score (nSPS) is 11.9. The second kappa shape index (κ2) is 5.44. The largest absolute Gasteiger partial charge is 0.508 e. The lowest BCUT2D eigenvalue weighted by molar-refractivity contribution is 0.337. The van der Waals surface area contributed by atoms with Gasteiger partial charge in [-0.05, 0) is 31.4 Å². The van der Waals surface area contributed by atoms with Crippen LogP contribution in [0.25, 0.3) is 0 Å². The fourth-order valence-corrected chi connectivity index (χ4v) is 2.91. The first kappa shape index (κ1) is 15.4. The highest BCUT2D eigenvalue weighted by Gasteiger charge is 2.32. The molecule has 2 rings (SSSR count). The molecule has 0 aliphatic rings. The Kier molecular flexibility index (Phi) is 3.99. The van der Waals surface area contributed by atoms with Crippen LogP contribution in [0.3, 0.4) is 0 Å². The summed E-state index contributed by atoms with van der Waals surface area (Å²) in [5.41, 5.74) is 3.80. The molecule has 0 atom stereocenters. The van der Waals surface area contributed by atoms with E-state index < -0.39 is 0 Å². The van der Waals surface area contributed by atoms with Gasteiger partial charge in [-0.2, -0.15) is 0 Å². The first-order valence-corrected chi connectivity index (χ1v) is 7.29. The lowest BCUT2D eigenvalue weighted by Crippen LogP contribution is -2.20. The van der Waals surface area contributed by atoms with E-state index in [1.54, 1.807) is 12.1 Å². The average Bonchev–Trinajstić information content (AvgIpc) is 2.36. The molecule has 0 amide bonds. The van der Waals surface area contributed by atoms with E-state index in [0.717, 1.165) is 22.3 Å².